The predicted octanol–water partition coefficient (Wildman–Crippen LogP) is 0.122. The topological polar surface area (TPSA) is 67.1 Å². The minimum Gasteiger partial charge on any atom is -0.380 e. The summed E-state index contributed by atoms with van der Waals surface area (Å²) in [5, 5.41) is 11.1. The van der Waals surface area contributed by atoms with Crippen molar-refractivity contribution in [2.75, 3.05) is 36.8 Å². The van der Waals surface area contributed by atoms with Crippen LogP contribution in [-0.2, 0) is 0 Å². The number of nitrogen functional groups attached to an aromatic ring is 1. The SMILES string of the molecule is Nc1nnc(Cl)cc1N1CCNCC1. The van der Waals surface area contributed by atoms with Gasteiger partial charge in [0, 0.05) is 32.2 Å². The number of nitrogens with two attached hydrogens (primary N) is 1. The van der Waals surface area contributed by atoms with Crippen molar-refractivity contribution in [2.45, 2.75) is 0 Å². The van der Waals surface area contributed by atoms with Gasteiger partial charge in [-0.2, -0.15) is 0 Å². The number of nitrogens with zero attached hydrogens (tertiary/aromatic N) is 3. The van der Waals surface area contributed by atoms with Gasteiger partial charge in [0.1, 0.15) is 0 Å². The standard InChI is InChI=1S/C8H12ClN5/c9-7-5-6(8(10)13-12-7)14-3-1-11-2-4-14/h5,11H,1-4H2,(H2,10,13). The number of rotatable bonds is 1. The van der Waals surface area contributed by atoms with Crippen LogP contribution >= 0.6 is 11.6 Å². The molecule has 2 rings (SSSR count). The zero-order valence-corrected chi connectivity index (χ0v) is 8.46. The van der Waals surface area contributed by atoms with Crippen molar-refractivity contribution in [1.82, 2.24) is 15.5 Å². The van der Waals surface area contributed by atoms with E-state index in [1.54, 1.807) is 6.07 Å². The monoisotopic (exact) mass is 213 g/mol. The van der Waals surface area contributed by atoms with Crippen molar-refractivity contribution in [3.05, 3.63) is 11.2 Å². The highest BCUT2D eigenvalue weighted by Crippen LogP contribution is 2.22. The van der Waals surface area contributed by atoms with Gasteiger partial charge in [-0.15, -0.1) is 10.2 Å². The van der Waals surface area contributed by atoms with E-state index < -0.39 is 0 Å². The molecule has 5 nitrogen and oxygen atoms in total. The molecule has 1 aliphatic rings. The first-order valence-electron chi connectivity index (χ1n) is 4.52. The molecular formula is C8H12ClN5. The lowest BCUT2D eigenvalue weighted by atomic mass is 10.3. The molecule has 0 amide bonds. The van der Waals surface area contributed by atoms with Gasteiger partial charge in [0.2, 0.25) is 0 Å². The first kappa shape index (κ1) is 9.48. The average Bonchev–Trinajstić information content (AvgIpc) is 2.23. The summed E-state index contributed by atoms with van der Waals surface area (Å²) in [7, 11) is 0. The van der Waals surface area contributed by atoms with Crippen molar-refractivity contribution in [3.8, 4) is 0 Å². The third-order valence-corrected chi connectivity index (χ3v) is 2.41. The molecule has 6 heteroatoms. The van der Waals surface area contributed by atoms with E-state index in [9.17, 15) is 0 Å². The Balaban J connectivity index is 2.24. The lowest BCUT2D eigenvalue weighted by Crippen LogP contribution is -2.43. The van der Waals surface area contributed by atoms with Crippen molar-refractivity contribution < 1.29 is 0 Å². The normalized spacial score (nSPS) is 17.1. The molecular weight excluding hydrogens is 202 g/mol. The molecule has 1 aromatic heterocycles. The molecule has 1 fully saturated rings. The van der Waals surface area contributed by atoms with Gasteiger partial charge in [-0.25, -0.2) is 0 Å². The molecule has 0 spiro atoms. The van der Waals surface area contributed by atoms with Crippen molar-refractivity contribution in [2.24, 2.45) is 0 Å². The predicted molar refractivity (Wildman–Crippen MR) is 56.5 cm³/mol. The molecule has 1 aliphatic heterocycles. The van der Waals surface area contributed by atoms with E-state index in [2.05, 4.69) is 20.4 Å². The summed E-state index contributed by atoms with van der Waals surface area (Å²) >= 11 is 5.76. The molecule has 2 heterocycles. The maximum atomic E-state index is 5.76. The lowest BCUT2D eigenvalue weighted by molar-refractivity contribution is 0.589. The summed E-state index contributed by atoms with van der Waals surface area (Å²) in [6, 6.07) is 1.76. The Hall–Kier alpha value is -1.07. The van der Waals surface area contributed by atoms with E-state index in [1.165, 1.54) is 0 Å². The molecule has 0 unspecified atom stereocenters. The van der Waals surface area contributed by atoms with Gasteiger partial charge in [-0.1, -0.05) is 11.6 Å². The van der Waals surface area contributed by atoms with Crippen LogP contribution in [-0.4, -0.2) is 36.4 Å². The van der Waals surface area contributed by atoms with E-state index in [0.29, 0.717) is 11.0 Å². The fourth-order valence-electron chi connectivity index (χ4n) is 1.53. The van der Waals surface area contributed by atoms with Crippen LogP contribution in [0.5, 0.6) is 0 Å². The molecule has 76 valence electrons. The van der Waals surface area contributed by atoms with Gasteiger partial charge in [0.25, 0.3) is 0 Å². The smallest absolute Gasteiger partial charge is 0.169 e. The highest BCUT2D eigenvalue weighted by atomic mass is 35.5. The number of aromatic nitrogens is 2. The zero-order chi connectivity index (χ0) is 9.97. The first-order chi connectivity index (χ1) is 6.77. The molecule has 0 radical (unpaired) electrons. The van der Waals surface area contributed by atoms with Gasteiger partial charge in [-0.05, 0) is 0 Å². The van der Waals surface area contributed by atoms with Crippen molar-refractivity contribution in [3.63, 3.8) is 0 Å². The molecule has 0 bridgehead atoms. The largest absolute Gasteiger partial charge is 0.380 e. The van der Waals surface area contributed by atoms with Gasteiger partial charge < -0.3 is 16.0 Å². The maximum absolute atomic E-state index is 5.76. The number of hydrogen-bond donors (Lipinski definition) is 2. The third-order valence-electron chi connectivity index (χ3n) is 2.23. The highest BCUT2D eigenvalue weighted by Gasteiger charge is 2.14. The molecule has 0 saturated carbocycles. The minimum atomic E-state index is 0.382. The molecule has 1 saturated heterocycles. The summed E-state index contributed by atoms with van der Waals surface area (Å²) in [6.07, 6.45) is 0. The van der Waals surface area contributed by atoms with E-state index >= 15 is 0 Å². The zero-order valence-electron chi connectivity index (χ0n) is 7.70. The van der Waals surface area contributed by atoms with Crippen LogP contribution in [0.1, 0.15) is 0 Å². The first-order valence-corrected chi connectivity index (χ1v) is 4.89. The molecule has 1 aromatic rings. The van der Waals surface area contributed by atoms with Crippen molar-refractivity contribution in [1.29, 1.82) is 0 Å². The maximum Gasteiger partial charge on any atom is 0.169 e. The fraction of sp³-hybridized carbons (Fsp3) is 0.500. The fourth-order valence-corrected chi connectivity index (χ4v) is 1.67. The summed E-state index contributed by atoms with van der Waals surface area (Å²) in [6.45, 7) is 3.76. The lowest BCUT2D eigenvalue weighted by Gasteiger charge is -2.29. The van der Waals surface area contributed by atoms with E-state index in [4.69, 9.17) is 17.3 Å². The van der Waals surface area contributed by atoms with Crippen LogP contribution in [0, 0.1) is 0 Å². The van der Waals surface area contributed by atoms with E-state index in [-0.39, 0.29) is 0 Å². The number of nitrogens with one attached hydrogen (secondary N) is 1. The Bertz CT molecular complexity index is 324. The van der Waals surface area contributed by atoms with Crippen LogP contribution in [0.4, 0.5) is 11.5 Å². The molecule has 14 heavy (non-hydrogen) atoms. The van der Waals surface area contributed by atoms with Gasteiger partial charge in [-0.3, -0.25) is 0 Å². The van der Waals surface area contributed by atoms with Crippen LogP contribution in [0.2, 0.25) is 5.15 Å². The quantitative estimate of drug-likeness (QED) is 0.694. The summed E-state index contributed by atoms with van der Waals surface area (Å²) in [5.41, 5.74) is 6.61. The average molecular weight is 214 g/mol. The van der Waals surface area contributed by atoms with Crippen LogP contribution in [0.3, 0.4) is 0 Å². The van der Waals surface area contributed by atoms with Gasteiger partial charge in [0.05, 0.1) is 5.69 Å². The Labute approximate surface area is 87.2 Å². The van der Waals surface area contributed by atoms with E-state index in [0.717, 1.165) is 31.9 Å². The summed E-state index contributed by atoms with van der Waals surface area (Å²) < 4.78 is 0. The van der Waals surface area contributed by atoms with Crippen LogP contribution in [0.15, 0.2) is 6.07 Å². The van der Waals surface area contributed by atoms with Gasteiger partial charge >= 0.3 is 0 Å². The molecule has 0 atom stereocenters. The Morgan fingerprint density at radius 3 is 2.79 bits per heavy atom. The number of halogens is 1. The van der Waals surface area contributed by atoms with Crippen LogP contribution in [0.25, 0.3) is 0 Å². The van der Waals surface area contributed by atoms with Gasteiger partial charge in [0.15, 0.2) is 11.0 Å². The van der Waals surface area contributed by atoms with Crippen molar-refractivity contribution >= 4 is 23.1 Å². The Kier molecular flexibility index (Phi) is 2.69. The number of piperazine rings is 1. The Morgan fingerprint density at radius 1 is 1.36 bits per heavy atom. The second-order valence-electron chi connectivity index (χ2n) is 3.17. The summed E-state index contributed by atoms with van der Waals surface area (Å²) in [4.78, 5) is 2.16. The second-order valence-corrected chi connectivity index (χ2v) is 3.56. The summed E-state index contributed by atoms with van der Waals surface area (Å²) in [5.74, 6) is 0.441. The second kappa shape index (κ2) is 3.98. The van der Waals surface area contributed by atoms with Crippen LogP contribution < -0.4 is 16.0 Å². The molecule has 0 aliphatic carbocycles. The number of anilines is 2. The Morgan fingerprint density at radius 2 is 2.07 bits per heavy atom. The molecule has 0 aromatic carbocycles. The number of hydrogen-bond acceptors (Lipinski definition) is 5. The molecule has 3 N–H and O–H groups in total. The van der Waals surface area contributed by atoms with E-state index in [1.807, 2.05) is 0 Å². The highest BCUT2D eigenvalue weighted by molar-refractivity contribution is 6.29. The third kappa shape index (κ3) is 1.88. The minimum absolute atomic E-state index is 0.382.